The van der Waals surface area contributed by atoms with Crippen molar-refractivity contribution in [1.82, 2.24) is 14.8 Å². The number of benzene rings is 1. The van der Waals surface area contributed by atoms with Crippen LogP contribution in [0.4, 0.5) is 30.2 Å². The number of anilines is 3. The van der Waals surface area contributed by atoms with Crippen LogP contribution >= 0.6 is 0 Å². The number of nitrogens with zero attached hydrogens (tertiary/aromatic N) is 6. The van der Waals surface area contributed by atoms with E-state index in [1.165, 1.54) is 23.5 Å². The summed E-state index contributed by atoms with van der Waals surface area (Å²) in [5.74, 6) is 5.85. The normalized spacial score (nSPS) is 15.7. The number of carbonyl (C=O) groups excluding carboxylic acids is 1. The first kappa shape index (κ1) is 29.6. The molecule has 1 aliphatic heterocycles. The molecule has 0 radical (unpaired) electrons. The van der Waals surface area contributed by atoms with Gasteiger partial charge in [0.1, 0.15) is 20.3 Å². The van der Waals surface area contributed by atoms with Crippen LogP contribution in [0.5, 0.6) is 0 Å². The van der Waals surface area contributed by atoms with Gasteiger partial charge in [0.15, 0.2) is 0 Å². The number of nitrogens with one attached hydrogen (secondary N) is 1. The molecular weight excluding hydrogens is 535 g/mol. The summed E-state index contributed by atoms with van der Waals surface area (Å²) in [6, 6.07) is 5.11. The fraction of sp³-hybridized carbons (Fsp3) is 0.357. The molecule has 5 N–H and O–H groups in total. The number of hydrogen-bond donors (Lipinski definition) is 3. The number of amides is 1. The molecule has 1 amide bonds. The predicted octanol–water partition coefficient (Wildman–Crippen LogP) is 3.51. The Kier molecular flexibility index (Phi) is 8.38. The van der Waals surface area contributed by atoms with E-state index in [0.29, 0.717) is 41.4 Å². The van der Waals surface area contributed by atoms with E-state index in [-0.39, 0.29) is 17.2 Å². The van der Waals surface area contributed by atoms with Gasteiger partial charge in [0.05, 0.1) is 40.3 Å². The second-order valence-electron chi connectivity index (χ2n) is 10.4. The van der Waals surface area contributed by atoms with E-state index in [1.807, 2.05) is 30.5 Å². The fourth-order valence-corrected chi connectivity index (χ4v) is 4.78. The van der Waals surface area contributed by atoms with Crippen molar-refractivity contribution in [3.8, 4) is 0 Å². The Morgan fingerprint density at radius 2 is 1.93 bits per heavy atom. The summed E-state index contributed by atoms with van der Waals surface area (Å²) < 4.78 is 45.0. The minimum absolute atomic E-state index is 0.0304. The molecule has 0 bridgehead atoms. The first-order valence-electron chi connectivity index (χ1n) is 13.0. The Morgan fingerprint density at radius 3 is 2.56 bits per heavy atom. The third-order valence-electron chi connectivity index (χ3n) is 7.03. The van der Waals surface area contributed by atoms with Gasteiger partial charge in [0.25, 0.3) is 5.91 Å². The van der Waals surface area contributed by atoms with Gasteiger partial charge in [0.2, 0.25) is 0 Å². The highest BCUT2D eigenvalue weighted by Crippen LogP contribution is 2.36. The molecule has 218 valence electrons. The van der Waals surface area contributed by atoms with Crippen LogP contribution in [0.3, 0.4) is 0 Å². The topological polar surface area (TPSA) is 121 Å². The lowest BCUT2D eigenvalue weighted by Crippen LogP contribution is -2.27. The maximum Gasteiger partial charge on any atom is 0.416 e. The van der Waals surface area contributed by atoms with Gasteiger partial charge in [0, 0.05) is 55.2 Å². The van der Waals surface area contributed by atoms with Gasteiger partial charge in [-0.15, -0.1) is 0 Å². The van der Waals surface area contributed by atoms with E-state index in [1.54, 1.807) is 30.9 Å². The number of nitrogens with two attached hydrogens (primary N) is 2. The van der Waals surface area contributed by atoms with Gasteiger partial charge in [-0.3, -0.25) is 19.5 Å². The monoisotopic (exact) mass is 570 g/mol. The largest absolute Gasteiger partial charge is 0.416 e. The first-order chi connectivity index (χ1) is 19.2. The van der Waals surface area contributed by atoms with Crippen molar-refractivity contribution >= 4 is 34.9 Å². The van der Waals surface area contributed by atoms with Crippen molar-refractivity contribution in [2.24, 2.45) is 24.5 Å². The predicted molar refractivity (Wildman–Crippen MR) is 154 cm³/mol. The number of hydrazine groups is 1. The fourth-order valence-electron chi connectivity index (χ4n) is 4.78. The van der Waals surface area contributed by atoms with Gasteiger partial charge >= 0.3 is 6.18 Å². The minimum atomic E-state index is -4.58. The summed E-state index contributed by atoms with van der Waals surface area (Å²) in [6.45, 7) is 4.77. The van der Waals surface area contributed by atoms with Crippen molar-refractivity contribution in [2.45, 2.75) is 26.4 Å². The first-order valence-corrected chi connectivity index (χ1v) is 13.0. The highest BCUT2D eigenvalue weighted by molar-refractivity contribution is 6.05. The second-order valence-corrected chi connectivity index (χ2v) is 10.4. The maximum absolute atomic E-state index is 13.8. The Labute approximate surface area is 236 Å². The van der Waals surface area contributed by atoms with E-state index < -0.39 is 17.6 Å². The van der Waals surface area contributed by atoms with Gasteiger partial charge in [-0.2, -0.15) is 18.3 Å². The summed E-state index contributed by atoms with van der Waals surface area (Å²) in [5.41, 5.74) is 8.75. The number of aryl methyl sites for hydroxylation is 2. The number of carbonyl (C=O) groups is 1. The lowest BCUT2D eigenvalue weighted by molar-refractivity contribution is -0.461. The summed E-state index contributed by atoms with van der Waals surface area (Å²) in [6.07, 6.45) is 2.75. The molecule has 4 rings (SSSR count). The summed E-state index contributed by atoms with van der Waals surface area (Å²) >= 11 is 0. The van der Waals surface area contributed by atoms with Crippen molar-refractivity contribution in [3.05, 3.63) is 70.9 Å². The lowest BCUT2D eigenvalue weighted by atomic mass is 10.1. The number of alkyl halides is 3. The molecule has 0 spiro atoms. The number of aromatic nitrogens is 3. The molecule has 1 saturated heterocycles. The molecule has 3 heterocycles. The van der Waals surface area contributed by atoms with Crippen LogP contribution < -0.4 is 26.8 Å². The molecule has 0 saturated carbocycles. The zero-order chi connectivity index (χ0) is 30.1. The van der Waals surface area contributed by atoms with E-state index in [9.17, 15) is 18.0 Å². The van der Waals surface area contributed by atoms with Gasteiger partial charge < -0.3 is 16.0 Å². The average Bonchev–Trinajstić information content (AvgIpc) is 3.49. The van der Waals surface area contributed by atoms with E-state index in [4.69, 9.17) is 11.6 Å². The van der Waals surface area contributed by atoms with Crippen LogP contribution in [-0.2, 0) is 13.2 Å². The lowest BCUT2D eigenvalue weighted by Gasteiger charge is -2.21. The highest BCUT2D eigenvalue weighted by atomic mass is 19.4. The Morgan fingerprint density at radius 1 is 1.20 bits per heavy atom. The molecule has 1 aliphatic rings. The Balaban J connectivity index is 1.59. The molecular formula is C28H35F3N9O+. The second kappa shape index (κ2) is 11.6. The zero-order valence-corrected chi connectivity index (χ0v) is 23.7. The summed E-state index contributed by atoms with van der Waals surface area (Å²) in [5, 5.41) is 8.03. The molecule has 1 aromatic carbocycles. The maximum atomic E-state index is 13.8. The number of halogens is 3. The van der Waals surface area contributed by atoms with Crippen LogP contribution in [0.25, 0.3) is 5.70 Å². The van der Waals surface area contributed by atoms with Crippen LogP contribution in [0.1, 0.15) is 39.3 Å². The minimum Gasteiger partial charge on any atom is -0.397 e. The quantitative estimate of drug-likeness (QED) is 0.172. The molecule has 1 unspecified atom stereocenters. The molecule has 10 nitrogen and oxygen atoms in total. The average molecular weight is 571 g/mol. The van der Waals surface area contributed by atoms with E-state index >= 15 is 0 Å². The Bertz CT molecular complexity index is 1510. The number of rotatable bonds is 7. The zero-order valence-electron chi connectivity index (χ0n) is 23.7. The molecule has 3 aromatic rings. The van der Waals surface area contributed by atoms with Gasteiger partial charge in [-0.05, 0) is 44.5 Å². The molecule has 13 heteroatoms. The number of hydrogen-bond acceptors (Lipinski definition) is 7. The molecule has 1 fully saturated rings. The molecule has 2 aromatic heterocycles. The van der Waals surface area contributed by atoms with Crippen molar-refractivity contribution in [2.75, 3.05) is 42.4 Å². The van der Waals surface area contributed by atoms with Gasteiger partial charge in [-0.1, -0.05) is 0 Å². The summed E-state index contributed by atoms with van der Waals surface area (Å²) in [4.78, 5) is 19.4. The van der Waals surface area contributed by atoms with Crippen LogP contribution in [-0.4, -0.2) is 58.6 Å². The van der Waals surface area contributed by atoms with Crippen LogP contribution in [0.15, 0.2) is 42.9 Å². The molecule has 41 heavy (non-hydrogen) atoms. The van der Waals surface area contributed by atoms with Crippen molar-refractivity contribution in [3.63, 3.8) is 0 Å². The Hall–Kier alpha value is -4.39. The SMILES string of the molecule is Cc1ncc(C(=O)Nc2cc(N3CCC(C=[N+](C)C)C3)cc(C(F)(F)F)c2)cc1N(N)C=C(N)c1cnn(C)c1C. The van der Waals surface area contributed by atoms with Crippen LogP contribution in [0.2, 0.25) is 0 Å². The molecule has 0 aliphatic carbocycles. The van der Waals surface area contributed by atoms with Crippen molar-refractivity contribution in [1.29, 1.82) is 0 Å². The van der Waals surface area contributed by atoms with Crippen molar-refractivity contribution < 1.29 is 22.5 Å². The highest BCUT2D eigenvalue weighted by Gasteiger charge is 2.33. The summed E-state index contributed by atoms with van der Waals surface area (Å²) in [7, 11) is 5.63. The molecule has 1 atom stereocenters. The van der Waals surface area contributed by atoms with E-state index in [2.05, 4.69) is 21.6 Å². The van der Waals surface area contributed by atoms with Gasteiger partial charge in [-0.25, -0.2) is 10.4 Å². The number of pyridine rings is 1. The third kappa shape index (κ3) is 6.85. The smallest absolute Gasteiger partial charge is 0.397 e. The third-order valence-corrected chi connectivity index (χ3v) is 7.03. The van der Waals surface area contributed by atoms with E-state index in [0.717, 1.165) is 24.2 Å². The van der Waals surface area contributed by atoms with Crippen LogP contribution in [0, 0.1) is 19.8 Å². The standard InChI is InChI=1S/C28H34F3N9O/c1-17-26(40(33)16-25(32)24-13-35-38(5)18(24)2)8-20(12-34-17)27(41)36-22-9-21(28(29,30)31)10-23(11-22)39-7-6-19(15-39)14-37(3)4/h8-14,16,19H,6-7,15,32-33H2,1-5H3/p+1.